The molecule has 3 aromatic rings. The van der Waals surface area contributed by atoms with Crippen molar-refractivity contribution in [1.29, 1.82) is 0 Å². The van der Waals surface area contributed by atoms with Crippen LogP contribution in [-0.2, 0) is 7.05 Å². The highest BCUT2D eigenvalue weighted by Crippen LogP contribution is 2.27. The highest BCUT2D eigenvalue weighted by atomic mass is 15.1. The van der Waals surface area contributed by atoms with Crippen molar-refractivity contribution in [2.45, 2.75) is 13.8 Å². The molecule has 3 rings (SSSR count). The van der Waals surface area contributed by atoms with Gasteiger partial charge < -0.3 is 10.3 Å². The topological polar surface area (TPSA) is 43.8 Å². The Balaban J connectivity index is 2.28. The Labute approximate surface area is 112 Å². The molecule has 2 aromatic carbocycles. The number of rotatable bonds is 1. The van der Waals surface area contributed by atoms with Gasteiger partial charge in [-0.25, -0.2) is 4.98 Å². The summed E-state index contributed by atoms with van der Waals surface area (Å²) in [5.41, 5.74) is 12.3. The lowest BCUT2D eigenvalue weighted by atomic mass is 10.1. The van der Waals surface area contributed by atoms with Crippen molar-refractivity contribution >= 4 is 16.7 Å². The molecule has 0 spiro atoms. The molecule has 3 heteroatoms. The lowest BCUT2D eigenvalue weighted by Gasteiger charge is -2.03. The molecule has 3 nitrogen and oxygen atoms in total. The summed E-state index contributed by atoms with van der Waals surface area (Å²) in [6, 6.07) is 12.2. The molecule has 0 aliphatic heterocycles. The smallest absolute Gasteiger partial charge is 0.140 e. The van der Waals surface area contributed by atoms with Gasteiger partial charge in [-0.05, 0) is 55.3 Å². The second-order valence-electron chi connectivity index (χ2n) is 5.07. The average molecular weight is 251 g/mol. The van der Waals surface area contributed by atoms with Crippen LogP contribution in [0.1, 0.15) is 11.1 Å². The monoisotopic (exact) mass is 251 g/mol. The van der Waals surface area contributed by atoms with Gasteiger partial charge >= 0.3 is 0 Å². The maximum absolute atomic E-state index is 5.73. The van der Waals surface area contributed by atoms with Crippen LogP contribution in [0.5, 0.6) is 0 Å². The molecule has 0 amide bonds. The molecule has 1 aromatic heterocycles. The molecular formula is C16H17N3. The molecule has 0 saturated carbocycles. The van der Waals surface area contributed by atoms with Gasteiger partial charge in [0.25, 0.3) is 0 Å². The van der Waals surface area contributed by atoms with E-state index in [1.807, 2.05) is 24.3 Å². The Morgan fingerprint density at radius 2 is 1.74 bits per heavy atom. The number of benzene rings is 2. The molecule has 0 saturated heterocycles. The summed E-state index contributed by atoms with van der Waals surface area (Å²) < 4.78 is 2.14. The first kappa shape index (κ1) is 11.8. The Hall–Kier alpha value is -2.29. The van der Waals surface area contributed by atoms with Crippen molar-refractivity contribution in [1.82, 2.24) is 9.55 Å². The third-order valence-electron chi connectivity index (χ3n) is 3.49. The molecule has 1 heterocycles. The number of aryl methyl sites for hydroxylation is 3. The SMILES string of the molecule is Cc1cc(C)c2nc(-c3ccc(N)cc3)n(C)c2c1. The molecule has 0 aliphatic carbocycles. The van der Waals surface area contributed by atoms with Crippen molar-refractivity contribution in [3.8, 4) is 11.4 Å². The minimum absolute atomic E-state index is 0.773. The number of anilines is 1. The van der Waals surface area contributed by atoms with Crippen LogP contribution < -0.4 is 5.73 Å². The van der Waals surface area contributed by atoms with Gasteiger partial charge in [-0.15, -0.1) is 0 Å². The molecule has 19 heavy (non-hydrogen) atoms. The molecule has 0 aliphatic rings. The fraction of sp³-hybridized carbons (Fsp3) is 0.188. The lowest BCUT2D eigenvalue weighted by Crippen LogP contribution is -1.93. The fourth-order valence-electron chi connectivity index (χ4n) is 2.52. The number of nitrogens with two attached hydrogens (primary N) is 1. The minimum atomic E-state index is 0.773. The molecule has 2 N–H and O–H groups in total. The summed E-state index contributed by atoms with van der Waals surface area (Å²) in [6.45, 7) is 4.22. The predicted octanol–water partition coefficient (Wildman–Crippen LogP) is 3.44. The van der Waals surface area contributed by atoms with Crippen LogP contribution in [-0.4, -0.2) is 9.55 Å². The fourth-order valence-corrected chi connectivity index (χ4v) is 2.52. The number of nitrogens with zero attached hydrogens (tertiary/aromatic N) is 2. The quantitative estimate of drug-likeness (QED) is 0.673. The average Bonchev–Trinajstić information content (AvgIpc) is 2.69. The van der Waals surface area contributed by atoms with Crippen LogP contribution in [0.25, 0.3) is 22.4 Å². The van der Waals surface area contributed by atoms with E-state index < -0.39 is 0 Å². The minimum Gasteiger partial charge on any atom is -0.399 e. The molecule has 0 radical (unpaired) electrons. The number of aromatic nitrogens is 2. The van der Waals surface area contributed by atoms with Crippen LogP contribution >= 0.6 is 0 Å². The summed E-state index contributed by atoms with van der Waals surface area (Å²) in [7, 11) is 2.06. The third kappa shape index (κ3) is 1.87. The summed E-state index contributed by atoms with van der Waals surface area (Å²) >= 11 is 0. The van der Waals surface area contributed by atoms with Crippen molar-refractivity contribution in [2.24, 2.45) is 7.05 Å². The summed E-state index contributed by atoms with van der Waals surface area (Å²) in [4.78, 5) is 4.77. The number of nitrogen functional groups attached to an aromatic ring is 1. The summed E-state index contributed by atoms with van der Waals surface area (Å²) in [5, 5.41) is 0. The normalized spacial score (nSPS) is 11.1. The van der Waals surface area contributed by atoms with E-state index in [0.717, 1.165) is 22.6 Å². The lowest BCUT2D eigenvalue weighted by molar-refractivity contribution is 0.959. The van der Waals surface area contributed by atoms with E-state index in [1.165, 1.54) is 16.6 Å². The van der Waals surface area contributed by atoms with Crippen LogP contribution in [0.3, 0.4) is 0 Å². The van der Waals surface area contributed by atoms with Gasteiger partial charge in [0.05, 0.1) is 11.0 Å². The first-order chi connectivity index (χ1) is 9.06. The Morgan fingerprint density at radius 3 is 2.42 bits per heavy atom. The van der Waals surface area contributed by atoms with E-state index in [1.54, 1.807) is 0 Å². The molecule has 96 valence electrons. The Morgan fingerprint density at radius 1 is 1.05 bits per heavy atom. The molecule has 0 bridgehead atoms. The van der Waals surface area contributed by atoms with Crippen molar-refractivity contribution in [3.63, 3.8) is 0 Å². The first-order valence-electron chi connectivity index (χ1n) is 6.36. The van der Waals surface area contributed by atoms with E-state index in [2.05, 4.69) is 37.6 Å². The number of fused-ring (bicyclic) bond motifs is 1. The van der Waals surface area contributed by atoms with E-state index in [9.17, 15) is 0 Å². The van der Waals surface area contributed by atoms with E-state index in [0.29, 0.717) is 0 Å². The summed E-state index contributed by atoms with van der Waals surface area (Å²) in [6.07, 6.45) is 0. The maximum atomic E-state index is 5.73. The zero-order chi connectivity index (χ0) is 13.6. The molecular weight excluding hydrogens is 234 g/mol. The second-order valence-corrected chi connectivity index (χ2v) is 5.07. The number of imidazole rings is 1. The van der Waals surface area contributed by atoms with Crippen LogP contribution in [0.2, 0.25) is 0 Å². The van der Waals surface area contributed by atoms with Gasteiger partial charge in [-0.2, -0.15) is 0 Å². The molecule has 0 atom stereocenters. The highest BCUT2D eigenvalue weighted by Gasteiger charge is 2.11. The standard InChI is InChI=1S/C16H17N3/c1-10-8-11(2)15-14(9-10)19(3)16(18-15)12-4-6-13(17)7-5-12/h4-9H,17H2,1-3H3. The van der Waals surface area contributed by atoms with Gasteiger partial charge in [-0.3, -0.25) is 0 Å². The van der Waals surface area contributed by atoms with Crippen molar-refractivity contribution < 1.29 is 0 Å². The highest BCUT2D eigenvalue weighted by molar-refractivity contribution is 5.84. The van der Waals surface area contributed by atoms with Crippen molar-refractivity contribution in [2.75, 3.05) is 5.73 Å². The Bertz CT molecular complexity index is 752. The first-order valence-corrected chi connectivity index (χ1v) is 6.36. The Kier molecular flexibility index (Phi) is 2.56. The van der Waals surface area contributed by atoms with Crippen LogP contribution in [0.4, 0.5) is 5.69 Å². The van der Waals surface area contributed by atoms with Gasteiger partial charge in [0.2, 0.25) is 0 Å². The maximum Gasteiger partial charge on any atom is 0.140 e. The van der Waals surface area contributed by atoms with E-state index in [4.69, 9.17) is 10.7 Å². The molecule has 0 unspecified atom stereocenters. The van der Waals surface area contributed by atoms with Crippen LogP contribution in [0.15, 0.2) is 36.4 Å². The predicted molar refractivity (Wildman–Crippen MR) is 80.0 cm³/mol. The van der Waals surface area contributed by atoms with Crippen molar-refractivity contribution in [3.05, 3.63) is 47.5 Å². The van der Waals surface area contributed by atoms with E-state index in [-0.39, 0.29) is 0 Å². The third-order valence-corrected chi connectivity index (χ3v) is 3.49. The zero-order valence-corrected chi connectivity index (χ0v) is 11.4. The zero-order valence-electron chi connectivity index (χ0n) is 11.4. The van der Waals surface area contributed by atoms with Gasteiger partial charge in [0.15, 0.2) is 0 Å². The van der Waals surface area contributed by atoms with Gasteiger partial charge in [-0.1, -0.05) is 6.07 Å². The molecule has 0 fully saturated rings. The number of hydrogen-bond acceptors (Lipinski definition) is 2. The van der Waals surface area contributed by atoms with Gasteiger partial charge in [0.1, 0.15) is 5.82 Å². The second kappa shape index (κ2) is 4.12. The largest absolute Gasteiger partial charge is 0.399 e. The van der Waals surface area contributed by atoms with E-state index >= 15 is 0 Å². The summed E-state index contributed by atoms with van der Waals surface area (Å²) in [5.74, 6) is 0.976. The van der Waals surface area contributed by atoms with Gasteiger partial charge in [0, 0.05) is 18.3 Å². The number of hydrogen-bond donors (Lipinski definition) is 1. The van der Waals surface area contributed by atoms with Crippen LogP contribution in [0, 0.1) is 13.8 Å².